The summed E-state index contributed by atoms with van der Waals surface area (Å²) in [6.45, 7) is 0.222. The summed E-state index contributed by atoms with van der Waals surface area (Å²) >= 11 is 0. The molecule has 2 unspecified atom stereocenters. The lowest BCUT2D eigenvalue weighted by molar-refractivity contribution is -0.128. The summed E-state index contributed by atoms with van der Waals surface area (Å²) in [5.74, 6) is 0.896. The number of nitrogens with one attached hydrogen (secondary N) is 1. The zero-order chi connectivity index (χ0) is 18.9. The molecule has 0 aliphatic heterocycles. The van der Waals surface area contributed by atoms with Gasteiger partial charge in [0.1, 0.15) is 0 Å². The van der Waals surface area contributed by atoms with Crippen LogP contribution in [0.15, 0.2) is 29.2 Å². The molecule has 2 fully saturated rings. The standard InChI is InChI=1S/C19H29N3O3S.ClH/c1-22(2)26(24,25)17-9-4-3-6-15(17)12-21-19(23)16-10-13-7-5-8-14(11-16)18(13)20;/h3-4,6,9,13-14,16,18H,5,7-8,10-12,20H2,1-2H3,(H,21,23);1H. The topological polar surface area (TPSA) is 92.5 Å². The monoisotopic (exact) mass is 415 g/mol. The van der Waals surface area contributed by atoms with Gasteiger partial charge in [0.15, 0.2) is 0 Å². The van der Waals surface area contributed by atoms with Crippen molar-refractivity contribution in [2.45, 2.75) is 49.6 Å². The summed E-state index contributed by atoms with van der Waals surface area (Å²) in [6, 6.07) is 7.06. The van der Waals surface area contributed by atoms with E-state index in [0.717, 1.165) is 25.7 Å². The number of halogens is 1. The molecule has 3 rings (SSSR count). The summed E-state index contributed by atoms with van der Waals surface area (Å²) in [6.07, 6.45) is 5.14. The Labute approximate surface area is 168 Å². The van der Waals surface area contributed by atoms with Gasteiger partial charge in [-0.2, -0.15) is 0 Å². The number of nitrogens with zero attached hydrogens (tertiary/aromatic N) is 1. The van der Waals surface area contributed by atoms with Crippen molar-refractivity contribution < 1.29 is 13.2 Å². The van der Waals surface area contributed by atoms with Crippen LogP contribution in [0.2, 0.25) is 0 Å². The third kappa shape index (κ3) is 4.65. The molecule has 0 radical (unpaired) electrons. The highest BCUT2D eigenvalue weighted by molar-refractivity contribution is 7.89. The van der Waals surface area contributed by atoms with Crippen LogP contribution in [0, 0.1) is 17.8 Å². The molecule has 2 bridgehead atoms. The molecule has 2 atom stereocenters. The van der Waals surface area contributed by atoms with E-state index in [9.17, 15) is 13.2 Å². The molecule has 0 spiro atoms. The molecular weight excluding hydrogens is 386 g/mol. The zero-order valence-electron chi connectivity index (χ0n) is 15.9. The first-order valence-corrected chi connectivity index (χ1v) is 10.8. The minimum atomic E-state index is -3.53. The number of sulfonamides is 1. The van der Waals surface area contributed by atoms with Gasteiger partial charge in [-0.25, -0.2) is 12.7 Å². The summed E-state index contributed by atoms with van der Waals surface area (Å²) in [5.41, 5.74) is 6.92. The summed E-state index contributed by atoms with van der Waals surface area (Å²) in [7, 11) is -0.517. The predicted octanol–water partition coefficient (Wildman–Crippen LogP) is 2.13. The average molecular weight is 416 g/mol. The van der Waals surface area contributed by atoms with Crippen molar-refractivity contribution in [1.82, 2.24) is 9.62 Å². The Morgan fingerprint density at radius 1 is 1.19 bits per heavy atom. The van der Waals surface area contributed by atoms with Crippen LogP contribution in [0.3, 0.4) is 0 Å². The highest BCUT2D eigenvalue weighted by atomic mass is 35.5. The minimum absolute atomic E-state index is 0. The number of fused-ring (bicyclic) bond motifs is 2. The molecule has 6 nitrogen and oxygen atoms in total. The quantitative estimate of drug-likeness (QED) is 0.770. The number of nitrogens with two attached hydrogens (primary N) is 1. The highest BCUT2D eigenvalue weighted by Crippen LogP contribution is 2.41. The molecule has 8 heteroatoms. The Morgan fingerprint density at radius 2 is 1.78 bits per heavy atom. The summed E-state index contributed by atoms with van der Waals surface area (Å²) in [5, 5.41) is 2.96. The van der Waals surface area contributed by atoms with Crippen LogP contribution in [0.5, 0.6) is 0 Å². The lowest BCUT2D eigenvalue weighted by Gasteiger charge is -2.43. The van der Waals surface area contributed by atoms with E-state index in [2.05, 4.69) is 5.32 Å². The minimum Gasteiger partial charge on any atom is -0.352 e. The van der Waals surface area contributed by atoms with E-state index in [1.54, 1.807) is 24.3 Å². The van der Waals surface area contributed by atoms with Gasteiger partial charge in [0.2, 0.25) is 15.9 Å². The Hall–Kier alpha value is -1.15. The maximum absolute atomic E-state index is 12.7. The molecule has 152 valence electrons. The maximum Gasteiger partial charge on any atom is 0.242 e. The average Bonchev–Trinajstić information content (AvgIpc) is 2.59. The van der Waals surface area contributed by atoms with Gasteiger partial charge < -0.3 is 11.1 Å². The van der Waals surface area contributed by atoms with Gasteiger partial charge in [-0.3, -0.25) is 4.79 Å². The molecule has 2 aliphatic rings. The van der Waals surface area contributed by atoms with Gasteiger partial charge >= 0.3 is 0 Å². The van der Waals surface area contributed by atoms with Crippen LogP contribution in [0.4, 0.5) is 0 Å². The second-order valence-electron chi connectivity index (χ2n) is 7.81. The van der Waals surface area contributed by atoms with Crippen molar-refractivity contribution in [2.75, 3.05) is 14.1 Å². The molecule has 27 heavy (non-hydrogen) atoms. The maximum atomic E-state index is 12.7. The van der Waals surface area contributed by atoms with Crippen molar-refractivity contribution in [3.8, 4) is 0 Å². The molecular formula is C19H30ClN3O3S. The number of hydrogen-bond acceptors (Lipinski definition) is 4. The van der Waals surface area contributed by atoms with Gasteiger partial charge in [-0.1, -0.05) is 24.6 Å². The Morgan fingerprint density at radius 3 is 2.37 bits per heavy atom. The molecule has 0 saturated heterocycles. The van der Waals surface area contributed by atoms with Crippen LogP contribution in [-0.4, -0.2) is 38.8 Å². The van der Waals surface area contributed by atoms with E-state index in [4.69, 9.17) is 5.73 Å². The van der Waals surface area contributed by atoms with E-state index in [-0.39, 0.29) is 41.7 Å². The van der Waals surface area contributed by atoms with E-state index in [1.165, 1.54) is 24.8 Å². The molecule has 0 heterocycles. The third-order valence-corrected chi connectivity index (χ3v) is 7.88. The van der Waals surface area contributed by atoms with E-state index in [1.807, 2.05) is 0 Å². The molecule has 1 aromatic carbocycles. The molecule has 3 N–H and O–H groups in total. The SMILES string of the molecule is CN(C)S(=O)(=O)c1ccccc1CNC(=O)C1CC2CCCC(C1)C2N.Cl. The smallest absolute Gasteiger partial charge is 0.242 e. The first-order chi connectivity index (χ1) is 12.3. The van der Waals surface area contributed by atoms with Gasteiger partial charge in [0, 0.05) is 32.6 Å². The number of benzene rings is 1. The fourth-order valence-electron chi connectivity index (χ4n) is 4.43. The number of hydrogen-bond donors (Lipinski definition) is 2. The van der Waals surface area contributed by atoms with Gasteiger partial charge in [-0.15, -0.1) is 12.4 Å². The Bertz CT molecular complexity index is 755. The summed E-state index contributed by atoms with van der Waals surface area (Å²) < 4.78 is 26.1. The van der Waals surface area contributed by atoms with Crippen LogP contribution in [0.1, 0.15) is 37.7 Å². The molecule has 1 aromatic rings. The lowest BCUT2D eigenvalue weighted by atomic mass is 9.65. The second kappa shape index (κ2) is 8.90. The van der Waals surface area contributed by atoms with Crippen molar-refractivity contribution in [3.05, 3.63) is 29.8 Å². The third-order valence-electron chi connectivity index (χ3n) is 5.97. The van der Waals surface area contributed by atoms with Gasteiger partial charge in [-0.05, 0) is 49.1 Å². The molecule has 2 saturated carbocycles. The number of carbonyl (C=O) groups is 1. The molecule has 2 aliphatic carbocycles. The molecule has 1 amide bonds. The van der Waals surface area contributed by atoms with Crippen LogP contribution in [0.25, 0.3) is 0 Å². The van der Waals surface area contributed by atoms with Crippen LogP contribution >= 0.6 is 12.4 Å². The van der Waals surface area contributed by atoms with Crippen LogP contribution < -0.4 is 11.1 Å². The van der Waals surface area contributed by atoms with Crippen molar-refractivity contribution >= 4 is 28.3 Å². The van der Waals surface area contributed by atoms with E-state index < -0.39 is 10.0 Å². The number of amides is 1. The highest BCUT2D eigenvalue weighted by Gasteiger charge is 2.40. The Balaban J connectivity index is 0.00000261. The van der Waals surface area contributed by atoms with Crippen LogP contribution in [-0.2, 0) is 21.4 Å². The number of carbonyl (C=O) groups excluding carboxylic acids is 1. The van der Waals surface area contributed by atoms with Crippen molar-refractivity contribution in [3.63, 3.8) is 0 Å². The fourth-order valence-corrected chi connectivity index (χ4v) is 5.54. The fraction of sp³-hybridized carbons (Fsp3) is 0.632. The predicted molar refractivity (Wildman–Crippen MR) is 108 cm³/mol. The van der Waals surface area contributed by atoms with Gasteiger partial charge in [0.05, 0.1) is 4.90 Å². The lowest BCUT2D eigenvalue weighted by Crippen LogP contribution is -2.49. The van der Waals surface area contributed by atoms with Crippen molar-refractivity contribution in [1.29, 1.82) is 0 Å². The largest absolute Gasteiger partial charge is 0.352 e. The first kappa shape index (κ1) is 22.1. The second-order valence-corrected chi connectivity index (χ2v) is 9.93. The molecule has 0 aromatic heterocycles. The van der Waals surface area contributed by atoms with E-state index in [0.29, 0.717) is 17.4 Å². The normalized spacial score (nSPS) is 27.7. The number of rotatable bonds is 5. The van der Waals surface area contributed by atoms with Gasteiger partial charge in [0.25, 0.3) is 0 Å². The zero-order valence-corrected chi connectivity index (χ0v) is 17.6. The van der Waals surface area contributed by atoms with Crippen molar-refractivity contribution in [2.24, 2.45) is 23.5 Å². The van der Waals surface area contributed by atoms with E-state index >= 15 is 0 Å². The summed E-state index contributed by atoms with van der Waals surface area (Å²) in [4.78, 5) is 12.9. The Kier molecular flexibility index (Phi) is 7.30. The first-order valence-electron chi connectivity index (χ1n) is 9.34.